The van der Waals surface area contributed by atoms with Crippen molar-refractivity contribution in [1.29, 1.82) is 0 Å². The molecule has 1 aliphatic heterocycles. The van der Waals surface area contributed by atoms with E-state index in [0.29, 0.717) is 31.9 Å². The van der Waals surface area contributed by atoms with Crippen LogP contribution in [0.3, 0.4) is 0 Å². The van der Waals surface area contributed by atoms with Crippen molar-refractivity contribution in [3.05, 3.63) is 18.4 Å². The first-order valence-electron chi connectivity index (χ1n) is 5.99. The number of unbranched alkanes of at least 4 members (excludes halogenated alkanes) is 3. The number of carbonyl (C=O) groups is 1. The molecule has 0 N–H and O–H groups in total. The number of ether oxygens (including phenoxy) is 2. The molecule has 0 aliphatic carbocycles. The smallest absolute Gasteiger partial charge is 0.255 e. The van der Waals surface area contributed by atoms with Crippen molar-refractivity contribution >= 4 is 6.29 Å². The second-order valence-corrected chi connectivity index (χ2v) is 4.05. The first-order valence-corrected chi connectivity index (χ1v) is 5.99. The SMILES string of the molecule is O=CCCCCCC1(c2ncco2)OCCO1. The molecule has 1 aromatic rings. The fourth-order valence-electron chi connectivity index (χ4n) is 2.00. The summed E-state index contributed by atoms with van der Waals surface area (Å²) in [4.78, 5) is 14.3. The minimum atomic E-state index is -0.801. The molecule has 5 nitrogen and oxygen atoms in total. The van der Waals surface area contributed by atoms with Crippen LogP contribution in [-0.2, 0) is 20.1 Å². The number of hydrogen-bond donors (Lipinski definition) is 0. The van der Waals surface area contributed by atoms with Gasteiger partial charge in [-0.15, -0.1) is 0 Å². The molecule has 1 aromatic heterocycles. The van der Waals surface area contributed by atoms with Gasteiger partial charge in [0.05, 0.1) is 19.4 Å². The Kier molecular flexibility index (Phi) is 4.28. The predicted octanol–water partition coefficient (Wildman–Crippen LogP) is 2.02. The second kappa shape index (κ2) is 5.93. The molecule has 0 saturated carbocycles. The van der Waals surface area contributed by atoms with Crippen LogP contribution >= 0.6 is 0 Å². The zero-order valence-electron chi connectivity index (χ0n) is 9.76. The molecule has 1 saturated heterocycles. The highest BCUT2D eigenvalue weighted by molar-refractivity contribution is 5.48. The zero-order valence-corrected chi connectivity index (χ0v) is 9.76. The van der Waals surface area contributed by atoms with E-state index in [9.17, 15) is 4.79 Å². The summed E-state index contributed by atoms with van der Waals surface area (Å²) in [5, 5.41) is 0. The third-order valence-corrected chi connectivity index (χ3v) is 2.84. The van der Waals surface area contributed by atoms with Gasteiger partial charge in [-0.25, -0.2) is 4.98 Å². The molecule has 0 aromatic carbocycles. The van der Waals surface area contributed by atoms with E-state index in [0.717, 1.165) is 25.5 Å². The maximum atomic E-state index is 10.2. The van der Waals surface area contributed by atoms with Crippen LogP contribution in [0.4, 0.5) is 0 Å². The monoisotopic (exact) mass is 239 g/mol. The van der Waals surface area contributed by atoms with Crippen LogP contribution < -0.4 is 0 Å². The summed E-state index contributed by atoms with van der Waals surface area (Å²) in [6, 6.07) is 0. The number of rotatable bonds is 7. The number of carbonyl (C=O) groups excluding carboxylic acids is 1. The molecule has 2 heterocycles. The highest BCUT2D eigenvalue weighted by atomic mass is 16.7. The van der Waals surface area contributed by atoms with Gasteiger partial charge in [-0.1, -0.05) is 6.42 Å². The Morgan fingerprint density at radius 1 is 1.29 bits per heavy atom. The molecule has 1 fully saturated rings. The molecule has 0 radical (unpaired) electrons. The average molecular weight is 239 g/mol. The van der Waals surface area contributed by atoms with Gasteiger partial charge in [-0.2, -0.15) is 0 Å². The molecule has 0 atom stereocenters. The lowest BCUT2D eigenvalue weighted by Crippen LogP contribution is -2.27. The maximum absolute atomic E-state index is 10.2. The van der Waals surface area contributed by atoms with Gasteiger partial charge in [-0.3, -0.25) is 0 Å². The average Bonchev–Trinajstić information content (AvgIpc) is 3.00. The minimum absolute atomic E-state index is 0.491. The van der Waals surface area contributed by atoms with Crippen molar-refractivity contribution in [1.82, 2.24) is 4.98 Å². The van der Waals surface area contributed by atoms with E-state index in [4.69, 9.17) is 13.9 Å². The number of aromatic nitrogens is 1. The van der Waals surface area contributed by atoms with Gasteiger partial charge in [0.25, 0.3) is 5.89 Å². The fourth-order valence-corrected chi connectivity index (χ4v) is 2.00. The summed E-state index contributed by atoms with van der Waals surface area (Å²) < 4.78 is 16.6. The van der Waals surface area contributed by atoms with E-state index >= 15 is 0 Å². The van der Waals surface area contributed by atoms with Gasteiger partial charge in [0.2, 0.25) is 5.79 Å². The van der Waals surface area contributed by atoms with Gasteiger partial charge in [0.15, 0.2) is 0 Å². The Balaban J connectivity index is 1.87. The molecule has 0 spiro atoms. The number of hydrogen-bond acceptors (Lipinski definition) is 5. The lowest BCUT2D eigenvalue weighted by atomic mass is 10.1. The topological polar surface area (TPSA) is 61.6 Å². The third-order valence-electron chi connectivity index (χ3n) is 2.84. The maximum Gasteiger partial charge on any atom is 0.255 e. The summed E-state index contributed by atoms with van der Waals surface area (Å²) >= 11 is 0. The Bertz CT molecular complexity index is 330. The van der Waals surface area contributed by atoms with E-state index in [1.165, 1.54) is 6.26 Å². The molecule has 1 aliphatic rings. The number of nitrogens with zero attached hydrogens (tertiary/aromatic N) is 1. The summed E-state index contributed by atoms with van der Waals surface area (Å²) in [5.41, 5.74) is 0. The Labute approximate surface area is 100 Å². The van der Waals surface area contributed by atoms with Gasteiger partial charge in [0.1, 0.15) is 12.5 Å². The van der Waals surface area contributed by atoms with E-state index < -0.39 is 5.79 Å². The molecule has 0 unspecified atom stereocenters. The highest BCUT2D eigenvalue weighted by Crippen LogP contribution is 2.35. The van der Waals surface area contributed by atoms with Crippen LogP contribution in [0.1, 0.15) is 38.0 Å². The minimum Gasteiger partial charge on any atom is -0.444 e. The molecule has 0 bridgehead atoms. The second-order valence-electron chi connectivity index (χ2n) is 4.05. The lowest BCUT2D eigenvalue weighted by molar-refractivity contribution is -0.187. The molecular weight excluding hydrogens is 222 g/mol. The van der Waals surface area contributed by atoms with Crippen molar-refractivity contribution < 1.29 is 18.7 Å². The van der Waals surface area contributed by atoms with E-state index in [2.05, 4.69) is 4.98 Å². The predicted molar refractivity (Wildman–Crippen MR) is 59.2 cm³/mol. The third kappa shape index (κ3) is 2.92. The van der Waals surface area contributed by atoms with Gasteiger partial charge < -0.3 is 18.7 Å². The molecule has 17 heavy (non-hydrogen) atoms. The largest absolute Gasteiger partial charge is 0.444 e. The Morgan fingerprint density at radius 2 is 2.12 bits per heavy atom. The molecule has 5 heteroatoms. The van der Waals surface area contributed by atoms with E-state index in [1.807, 2.05) is 0 Å². The van der Waals surface area contributed by atoms with Crippen LogP contribution in [-0.4, -0.2) is 24.5 Å². The van der Waals surface area contributed by atoms with Crippen LogP contribution in [0.15, 0.2) is 16.9 Å². The number of oxazole rings is 1. The normalized spacial score (nSPS) is 18.4. The van der Waals surface area contributed by atoms with Crippen LogP contribution in [0.5, 0.6) is 0 Å². The van der Waals surface area contributed by atoms with Crippen LogP contribution in [0.2, 0.25) is 0 Å². The standard InChI is InChI=1S/C12H17NO4/c14-7-4-2-1-3-5-12(16-9-10-17-12)11-13-6-8-15-11/h6-8H,1-5,9-10H2. The summed E-state index contributed by atoms with van der Waals surface area (Å²) in [5.74, 6) is -0.310. The summed E-state index contributed by atoms with van der Waals surface area (Å²) in [6.07, 6.45) is 8.21. The van der Waals surface area contributed by atoms with Crippen molar-refractivity contribution in [2.24, 2.45) is 0 Å². The van der Waals surface area contributed by atoms with Crippen LogP contribution in [0.25, 0.3) is 0 Å². The number of aldehydes is 1. The van der Waals surface area contributed by atoms with Crippen molar-refractivity contribution in [2.75, 3.05) is 13.2 Å². The van der Waals surface area contributed by atoms with Gasteiger partial charge >= 0.3 is 0 Å². The Morgan fingerprint density at radius 3 is 2.76 bits per heavy atom. The van der Waals surface area contributed by atoms with Crippen LogP contribution in [0, 0.1) is 0 Å². The molecular formula is C12H17NO4. The Hall–Kier alpha value is -1.20. The lowest BCUT2D eigenvalue weighted by Gasteiger charge is -2.23. The zero-order chi connectivity index (χ0) is 12.0. The van der Waals surface area contributed by atoms with E-state index in [1.54, 1.807) is 6.20 Å². The fraction of sp³-hybridized carbons (Fsp3) is 0.667. The summed E-state index contributed by atoms with van der Waals surface area (Å²) in [6.45, 7) is 1.13. The summed E-state index contributed by atoms with van der Waals surface area (Å²) in [7, 11) is 0. The van der Waals surface area contributed by atoms with Crippen molar-refractivity contribution in [3.8, 4) is 0 Å². The first-order chi connectivity index (χ1) is 8.37. The molecule has 0 amide bonds. The van der Waals surface area contributed by atoms with Crippen molar-refractivity contribution in [3.63, 3.8) is 0 Å². The van der Waals surface area contributed by atoms with E-state index in [-0.39, 0.29) is 0 Å². The molecule has 94 valence electrons. The highest BCUT2D eigenvalue weighted by Gasteiger charge is 2.42. The first kappa shape index (κ1) is 12.3. The molecule has 2 rings (SSSR count). The van der Waals surface area contributed by atoms with Gasteiger partial charge in [0, 0.05) is 12.8 Å². The van der Waals surface area contributed by atoms with Gasteiger partial charge in [-0.05, 0) is 12.8 Å². The quantitative estimate of drug-likeness (QED) is 0.538. The van der Waals surface area contributed by atoms with Crippen molar-refractivity contribution in [2.45, 2.75) is 37.9 Å².